The van der Waals surface area contributed by atoms with E-state index in [1.54, 1.807) is 0 Å². The van der Waals surface area contributed by atoms with Crippen molar-refractivity contribution >= 4 is 10.8 Å². The lowest BCUT2D eigenvalue weighted by atomic mass is 9.98. The largest absolute Gasteiger partial charge is 0.507 e. The molecule has 0 saturated heterocycles. The Morgan fingerprint density at radius 3 is 2.24 bits per heavy atom. The van der Waals surface area contributed by atoms with E-state index >= 15 is 0 Å². The smallest absolute Gasteiger partial charge is 0.128 e. The Hall–Kier alpha value is -1.54. The molecule has 0 aliphatic carbocycles. The summed E-state index contributed by atoms with van der Waals surface area (Å²) in [5.41, 5.74) is 1.02. The Morgan fingerprint density at radius 1 is 0.952 bits per heavy atom. The van der Waals surface area contributed by atoms with Gasteiger partial charge >= 0.3 is 0 Å². The molecule has 2 aromatic carbocycles. The standard InChI is InChI=1S/C19H27NO/c1-13(2)12-20(14(3)4)15(5)17-11-10-16-8-6-7-9-18(16)19(17)21/h6-11,13-15,21H,12H2,1-5H3. The number of phenolic OH excluding ortho intramolecular Hbond substituents is 1. The van der Waals surface area contributed by atoms with Gasteiger partial charge in [-0.1, -0.05) is 50.2 Å². The summed E-state index contributed by atoms with van der Waals surface area (Å²) in [5.74, 6) is 1.03. The van der Waals surface area contributed by atoms with Crippen molar-refractivity contribution in [3.8, 4) is 5.75 Å². The van der Waals surface area contributed by atoms with Gasteiger partial charge in [0.25, 0.3) is 0 Å². The highest BCUT2D eigenvalue weighted by atomic mass is 16.3. The first-order chi connectivity index (χ1) is 9.91. The van der Waals surface area contributed by atoms with E-state index in [2.05, 4.69) is 51.7 Å². The number of benzene rings is 2. The van der Waals surface area contributed by atoms with Crippen molar-refractivity contribution in [1.82, 2.24) is 4.90 Å². The molecule has 1 N–H and O–H groups in total. The van der Waals surface area contributed by atoms with Gasteiger partial charge in [0.15, 0.2) is 0 Å². The molecule has 2 rings (SSSR count). The molecule has 1 unspecified atom stereocenters. The first-order valence-corrected chi connectivity index (χ1v) is 7.88. The molecule has 0 bridgehead atoms. The van der Waals surface area contributed by atoms with Crippen molar-refractivity contribution in [3.63, 3.8) is 0 Å². The van der Waals surface area contributed by atoms with Crippen LogP contribution in [0.25, 0.3) is 10.8 Å². The van der Waals surface area contributed by atoms with Crippen molar-refractivity contribution in [2.75, 3.05) is 6.54 Å². The van der Waals surface area contributed by atoms with Gasteiger partial charge in [0.05, 0.1) is 0 Å². The molecule has 0 saturated carbocycles. The number of hydrogen-bond donors (Lipinski definition) is 1. The van der Waals surface area contributed by atoms with Crippen LogP contribution in [0.4, 0.5) is 0 Å². The average molecular weight is 285 g/mol. The van der Waals surface area contributed by atoms with E-state index in [1.807, 2.05) is 24.3 Å². The van der Waals surface area contributed by atoms with E-state index < -0.39 is 0 Å². The van der Waals surface area contributed by atoms with Crippen molar-refractivity contribution in [1.29, 1.82) is 0 Å². The average Bonchev–Trinajstić information content (AvgIpc) is 2.44. The third kappa shape index (κ3) is 3.38. The normalized spacial score (nSPS) is 13.5. The Bertz CT molecular complexity index is 604. The number of nitrogens with zero attached hydrogens (tertiary/aromatic N) is 1. The fraction of sp³-hybridized carbons (Fsp3) is 0.474. The zero-order valence-electron chi connectivity index (χ0n) is 13.8. The van der Waals surface area contributed by atoms with Gasteiger partial charge in [-0.3, -0.25) is 4.90 Å². The Labute approximate surface area is 128 Å². The van der Waals surface area contributed by atoms with Gasteiger partial charge in [-0.2, -0.15) is 0 Å². The minimum atomic E-state index is 0.206. The highest BCUT2D eigenvalue weighted by Gasteiger charge is 2.22. The third-order valence-corrected chi connectivity index (χ3v) is 4.12. The predicted molar refractivity (Wildman–Crippen MR) is 90.7 cm³/mol. The van der Waals surface area contributed by atoms with Gasteiger partial charge in [0.2, 0.25) is 0 Å². The molecule has 2 heteroatoms. The van der Waals surface area contributed by atoms with E-state index in [9.17, 15) is 5.11 Å². The first kappa shape index (κ1) is 15.8. The first-order valence-electron chi connectivity index (χ1n) is 7.88. The van der Waals surface area contributed by atoms with Crippen LogP contribution in [-0.2, 0) is 0 Å². The van der Waals surface area contributed by atoms with Crippen LogP contribution in [0, 0.1) is 5.92 Å². The lowest BCUT2D eigenvalue weighted by molar-refractivity contribution is 0.143. The van der Waals surface area contributed by atoms with Crippen LogP contribution in [0.5, 0.6) is 5.75 Å². The monoisotopic (exact) mass is 285 g/mol. The van der Waals surface area contributed by atoms with Gasteiger partial charge in [-0.25, -0.2) is 0 Å². The molecule has 0 heterocycles. The molecule has 0 aliphatic rings. The number of aromatic hydroxyl groups is 1. The van der Waals surface area contributed by atoms with Gasteiger partial charge in [-0.15, -0.1) is 0 Å². The Kier molecular flexibility index (Phi) is 4.89. The summed E-state index contributed by atoms with van der Waals surface area (Å²) in [7, 11) is 0. The van der Waals surface area contributed by atoms with Crippen LogP contribution >= 0.6 is 0 Å². The topological polar surface area (TPSA) is 23.5 Å². The van der Waals surface area contributed by atoms with Gasteiger partial charge in [0, 0.05) is 29.6 Å². The molecule has 0 aliphatic heterocycles. The lowest BCUT2D eigenvalue weighted by Gasteiger charge is -2.34. The minimum Gasteiger partial charge on any atom is -0.507 e. The summed E-state index contributed by atoms with van der Waals surface area (Å²) in [6, 6.07) is 12.8. The van der Waals surface area contributed by atoms with E-state index in [0.717, 1.165) is 22.9 Å². The van der Waals surface area contributed by atoms with Gasteiger partial charge in [-0.05, 0) is 32.1 Å². The van der Waals surface area contributed by atoms with Crippen molar-refractivity contribution in [2.24, 2.45) is 5.92 Å². The second kappa shape index (κ2) is 6.48. The summed E-state index contributed by atoms with van der Waals surface area (Å²) in [5, 5.41) is 12.7. The fourth-order valence-corrected chi connectivity index (χ4v) is 3.03. The fourth-order valence-electron chi connectivity index (χ4n) is 3.03. The molecule has 0 radical (unpaired) electrons. The quantitative estimate of drug-likeness (QED) is 0.838. The molecule has 0 aromatic heterocycles. The summed E-state index contributed by atoms with van der Waals surface area (Å²) in [6.45, 7) is 12.1. The van der Waals surface area contributed by atoms with Crippen molar-refractivity contribution < 1.29 is 5.11 Å². The van der Waals surface area contributed by atoms with Crippen LogP contribution in [0.3, 0.4) is 0 Å². The number of rotatable bonds is 5. The minimum absolute atomic E-state index is 0.206. The van der Waals surface area contributed by atoms with Crippen LogP contribution < -0.4 is 0 Å². The van der Waals surface area contributed by atoms with Crippen molar-refractivity contribution in [3.05, 3.63) is 42.0 Å². The summed E-state index contributed by atoms with van der Waals surface area (Å²) < 4.78 is 0. The van der Waals surface area contributed by atoms with Crippen LogP contribution in [0.15, 0.2) is 36.4 Å². The molecule has 2 nitrogen and oxygen atoms in total. The molecule has 2 aromatic rings. The van der Waals surface area contributed by atoms with Crippen LogP contribution in [-0.4, -0.2) is 22.6 Å². The molecule has 0 amide bonds. The SMILES string of the molecule is CC(C)CN(C(C)C)C(C)c1ccc2ccccc2c1O. The second-order valence-corrected chi connectivity index (χ2v) is 6.58. The number of fused-ring (bicyclic) bond motifs is 1. The molecule has 114 valence electrons. The summed E-state index contributed by atoms with van der Waals surface area (Å²) >= 11 is 0. The maximum absolute atomic E-state index is 10.7. The zero-order chi connectivity index (χ0) is 15.6. The van der Waals surface area contributed by atoms with E-state index in [4.69, 9.17) is 0 Å². The molecule has 21 heavy (non-hydrogen) atoms. The van der Waals surface area contributed by atoms with Gasteiger partial charge < -0.3 is 5.11 Å². The highest BCUT2D eigenvalue weighted by Crippen LogP contribution is 2.35. The summed E-state index contributed by atoms with van der Waals surface area (Å²) in [6.07, 6.45) is 0. The molecule has 1 atom stereocenters. The molecular weight excluding hydrogens is 258 g/mol. The zero-order valence-corrected chi connectivity index (χ0v) is 13.8. The van der Waals surface area contributed by atoms with E-state index in [1.165, 1.54) is 0 Å². The Balaban J connectivity index is 2.42. The number of phenols is 1. The highest BCUT2D eigenvalue weighted by molar-refractivity contribution is 5.89. The van der Waals surface area contributed by atoms with Gasteiger partial charge in [0.1, 0.15) is 5.75 Å². The lowest BCUT2D eigenvalue weighted by Crippen LogP contribution is -2.36. The molecular formula is C19H27NO. The summed E-state index contributed by atoms with van der Waals surface area (Å²) in [4.78, 5) is 2.45. The molecule has 0 spiro atoms. The van der Waals surface area contributed by atoms with E-state index in [-0.39, 0.29) is 6.04 Å². The third-order valence-electron chi connectivity index (χ3n) is 4.12. The number of hydrogen-bond acceptors (Lipinski definition) is 2. The molecule has 0 fully saturated rings. The van der Waals surface area contributed by atoms with Crippen LogP contribution in [0.2, 0.25) is 0 Å². The van der Waals surface area contributed by atoms with E-state index in [0.29, 0.717) is 17.7 Å². The van der Waals surface area contributed by atoms with Crippen molar-refractivity contribution in [2.45, 2.75) is 46.7 Å². The Morgan fingerprint density at radius 2 is 1.62 bits per heavy atom. The second-order valence-electron chi connectivity index (χ2n) is 6.58. The maximum Gasteiger partial charge on any atom is 0.128 e. The van der Waals surface area contributed by atoms with Crippen LogP contribution in [0.1, 0.15) is 46.2 Å². The predicted octanol–water partition coefficient (Wildman–Crippen LogP) is 4.97. The maximum atomic E-state index is 10.7.